The Labute approximate surface area is 126 Å². The number of thiazole rings is 1. The second-order valence-corrected chi connectivity index (χ2v) is 5.97. The van der Waals surface area contributed by atoms with E-state index in [2.05, 4.69) is 10.3 Å². The number of nitrogens with one attached hydrogen (secondary N) is 1. The normalized spacial score (nSPS) is 12.2. The standard InChI is InChI=1S/C15H17FN2O2S/c1-9(19)8-17-15(20)14-10(2)18-13(21-14)7-11-3-5-12(16)6-4-11/h3-6,9,19H,7-8H2,1-2H3,(H,17,20). The van der Waals surface area contributed by atoms with Gasteiger partial charge >= 0.3 is 0 Å². The Kier molecular flexibility index (Phi) is 5.03. The highest BCUT2D eigenvalue weighted by Crippen LogP contribution is 2.21. The first-order valence-electron chi connectivity index (χ1n) is 6.62. The zero-order valence-electron chi connectivity index (χ0n) is 11.9. The molecule has 0 bridgehead atoms. The fraction of sp³-hybridized carbons (Fsp3) is 0.333. The van der Waals surface area contributed by atoms with Crippen molar-refractivity contribution in [1.29, 1.82) is 0 Å². The minimum Gasteiger partial charge on any atom is -0.392 e. The molecule has 1 atom stereocenters. The summed E-state index contributed by atoms with van der Waals surface area (Å²) in [5.41, 5.74) is 1.61. The monoisotopic (exact) mass is 308 g/mol. The fourth-order valence-corrected chi connectivity index (χ4v) is 2.85. The third-order valence-electron chi connectivity index (χ3n) is 2.87. The molecule has 2 N–H and O–H groups in total. The summed E-state index contributed by atoms with van der Waals surface area (Å²) < 4.78 is 12.9. The largest absolute Gasteiger partial charge is 0.392 e. The molecule has 0 fully saturated rings. The molecule has 1 aromatic carbocycles. The Balaban J connectivity index is 2.08. The summed E-state index contributed by atoms with van der Waals surface area (Å²) in [7, 11) is 0. The Hall–Kier alpha value is -1.79. The SMILES string of the molecule is Cc1nc(Cc2ccc(F)cc2)sc1C(=O)NCC(C)O. The maximum Gasteiger partial charge on any atom is 0.263 e. The van der Waals surface area contributed by atoms with Gasteiger partial charge in [0.2, 0.25) is 0 Å². The molecular formula is C15H17FN2O2S. The summed E-state index contributed by atoms with van der Waals surface area (Å²) >= 11 is 1.32. The van der Waals surface area contributed by atoms with E-state index in [0.29, 0.717) is 17.0 Å². The minimum atomic E-state index is -0.583. The maximum atomic E-state index is 12.9. The van der Waals surface area contributed by atoms with Crippen LogP contribution in [-0.4, -0.2) is 28.6 Å². The minimum absolute atomic E-state index is 0.212. The lowest BCUT2D eigenvalue weighted by Gasteiger charge is -2.05. The molecular weight excluding hydrogens is 291 g/mol. The number of halogens is 1. The molecule has 1 amide bonds. The molecule has 2 rings (SSSR count). The van der Waals surface area contributed by atoms with Crippen molar-refractivity contribution in [3.63, 3.8) is 0 Å². The van der Waals surface area contributed by atoms with Crippen molar-refractivity contribution >= 4 is 17.2 Å². The van der Waals surface area contributed by atoms with Gasteiger partial charge in [0.25, 0.3) is 5.91 Å². The molecule has 6 heteroatoms. The lowest BCUT2D eigenvalue weighted by molar-refractivity contribution is 0.0927. The first-order chi connectivity index (χ1) is 9.95. The highest BCUT2D eigenvalue weighted by atomic mass is 32.1. The number of rotatable bonds is 5. The van der Waals surface area contributed by atoms with Crippen LogP contribution < -0.4 is 5.32 Å². The van der Waals surface area contributed by atoms with E-state index >= 15 is 0 Å². The number of aryl methyl sites for hydroxylation is 1. The Morgan fingerprint density at radius 2 is 2.10 bits per heavy atom. The molecule has 1 unspecified atom stereocenters. The van der Waals surface area contributed by atoms with Crippen molar-refractivity contribution < 1.29 is 14.3 Å². The van der Waals surface area contributed by atoms with Crippen molar-refractivity contribution in [2.24, 2.45) is 0 Å². The number of benzene rings is 1. The molecule has 1 aromatic heterocycles. The first kappa shape index (κ1) is 15.6. The number of nitrogens with zero attached hydrogens (tertiary/aromatic N) is 1. The topological polar surface area (TPSA) is 62.2 Å². The second-order valence-electron chi connectivity index (χ2n) is 4.88. The number of aliphatic hydroxyl groups excluding tert-OH is 1. The maximum absolute atomic E-state index is 12.9. The van der Waals surface area contributed by atoms with E-state index in [1.165, 1.54) is 23.5 Å². The van der Waals surface area contributed by atoms with Gasteiger partial charge in [-0.15, -0.1) is 11.3 Å². The number of carbonyl (C=O) groups is 1. The molecule has 21 heavy (non-hydrogen) atoms. The van der Waals surface area contributed by atoms with Crippen LogP contribution in [0.4, 0.5) is 4.39 Å². The van der Waals surface area contributed by atoms with E-state index in [4.69, 9.17) is 0 Å². The highest BCUT2D eigenvalue weighted by Gasteiger charge is 2.15. The molecule has 2 aromatic rings. The van der Waals surface area contributed by atoms with Gasteiger partial charge in [-0.05, 0) is 31.5 Å². The van der Waals surface area contributed by atoms with E-state index in [0.717, 1.165) is 10.6 Å². The van der Waals surface area contributed by atoms with Crippen molar-refractivity contribution in [3.8, 4) is 0 Å². The van der Waals surface area contributed by atoms with Crippen LogP contribution >= 0.6 is 11.3 Å². The van der Waals surface area contributed by atoms with Gasteiger partial charge in [-0.1, -0.05) is 12.1 Å². The van der Waals surface area contributed by atoms with E-state index in [9.17, 15) is 14.3 Å². The molecule has 0 aliphatic heterocycles. The van der Waals surface area contributed by atoms with Crippen LogP contribution in [0.1, 0.15) is 32.9 Å². The molecule has 0 saturated heterocycles. The summed E-state index contributed by atoms with van der Waals surface area (Å²) in [5, 5.41) is 12.6. The lowest BCUT2D eigenvalue weighted by Crippen LogP contribution is -2.30. The van der Waals surface area contributed by atoms with Gasteiger partial charge in [0, 0.05) is 13.0 Å². The summed E-state index contributed by atoms with van der Waals surface area (Å²) in [6, 6.07) is 6.23. The average Bonchev–Trinajstić information content (AvgIpc) is 2.79. The number of aromatic nitrogens is 1. The predicted molar refractivity (Wildman–Crippen MR) is 80.1 cm³/mol. The van der Waals surface area contributed by atoms with Gasteiger partial charge < -0.3 is 10.4 Å². The summed E-state index contributed by atoms with van der Waals surface area (Å²) in [5.74, 6) is -0.497. The van der Waals surface area contributed by atoms with Crippen LogP contribution in [-0.2, 0) is 6.42 Å². The zero-order chi connectivity index (χ0) is 15.4. The van der Waals surface area contributed by atoms with Crippen molar-refractivity contribution in [1.82, 2.24) is 10.3 Å². The van der Waals surface area contributed by atoms with Crippen molar-refractivity contribution in [2.45, 2.75) is 26.4 Å². The van der Waals surface area contributed by atoms with Crippen LogP contribution in [0.25, 0.3) is 0 Å². The smallest absolute Gasteiger partial charge is 0.263 e. The van der Waals surface area contributed by atoms with E-state index < -0.39 is 6.10 Å². The predicted octanol–water partition coefficient (Wildman–Crippen LogP) is 2.29. The van der Waals surface area contributed by atoms with Gasteiger partial charge in [-0.25, -0.2) is 9.37 Å². The quantitative estimate of drug-likeness (QED) is 0.891. The van der Waals surface area contributed by atoms with Gasteiger partial charge in [-0.2, -0.15) is 0 Å². The summed E-state index contributed by atoms with van der Waals surface area (Å²) in [6.07, 6.45) is -0.0176. The van der Waals surface area contributed by atoms with Crippen molar-refractivity contribution in [3.05, 3.63) is 51.2 Å². The third-order valence-corrected chi connectivity index (χ3v) is 4.03. The van der Waals surface area contributed by atoms with Crippen LogP contribution in [0.15, 0.2) is 24.3 Å². The van der Waals surface area contributed by atoms with Gasteiger partial charge in [-0.3, -0.25) is 4.79 Å². The molecule has 112 valence electrons. The number of aliphatic hydroxyl groups is 1. The number of amides is 1. The summed E-state index contributed by atoms with van der Waals surface area (Å²) in [4.78, 5) is 16.9. The number of hydrogen-bond donors (Lipinski definition) is 2. The Bertz CT molecular complexity index is 623. The van der Waals surface area contributed by atoms with Crippen LogP contribution in [0.5, 0.6) is 0 Å². The van der Waals surface area contributed by atoms with E-state index in [1.54, 1.807) is 26.0 Å². The van der Waals surface area contributed by atoms with Gasteiger partial charge in [0.05, 0.1) is 16.8 Å². The zero-order valence-corrected chi connectivity index (χ0v) is 12.7. The van der Waals surface area contributed by atoms with Crippen LogP contribution in [0.3, 0.4) is 0 Å². The first-order valence-corrected chi connectivity index (χ1v) is 7.44. The van der Waals surface area contributed by atoms with Gasteiger partial charge in [0.1, 0.15) is 10.7 Å². The fourth-order valence-electron chi connectivity index (χ4n) is 1.84. The highest BCUT2D eigenvalue weighted by molar-refractivity contribution is 7.13. The second kappa shape index (κ2) is 6.78. The average molecular weight is 308 g/mol. The molecule has 0 aliphatic rings. The number of carbonyl (C=O) groups excluding carboxylic acids is 1. The van der Waals surface area contributed by atoms with Crippen molar-refractivity contribution in [2.75, 3.05) is 6.54 Å². The van der Waals surface area contributed by atoms with Crippen LogP contribution in [0, 0.1) is 12.7 Å². The van der Waals surface area contributed by atoms with E-state index in [1.807, 2.05) is 0 Å². The molecule has 0 radical (unpaired) electrons. The number of hydrogen-bond acceptors (Lipinski definition) is 4. The van der Waals surface area contributed by atoms with E-state index in [-0.39, 0.29) is 18.3 Å². The molecule has 0 aliphatic carbocycles. The summed E-state index contributed by atoms with van der Waals surface area (Å²) in [6.45, 7) is 3.60. The Morgan fingerprint density at radius 3 is 2.71 bits per heavy atom. The van der Waals surface area contributed by atoms with Crippen LogP contribution in [0.2, 0.25) is 0 Å². The molecule has 4 nitrogen and oxygen atoms in total. The third kappa shape index (κ3) is 4.34. The Morgan fingerprint density at radius 1 is 1.43 bits per heavy atom. The molecule has 1 heterocycles. The van der Waals surface area contributed by atoms with Gasteiger partial charge in [0.15, 0.2) is 0 Å². The lowest BCUT2D eigenvalue weighted by atomic mass is 10.1. The molecule has 0 saturated carbocycles. The molecule has 0 spiro atoms.